The molecule has 1 fully saturated rings. The van der Waals surface area contributed by atoms with Crippen LogP contribution in [0.5, 0.6) is 0 Å². The van der Waals surface area contributed by atoms with Gasteiger partial charge in [-0.15, -0.1) is 0 Å². The quantitative estimate of drug-likeness (QED) is 0.441. The SMILES string of the molecule is CCCC[N+]1(C)CCCC1.N#CS(=O)(=O)c1nnn[n-]1. The molecular formula is C11H20N6O2S. The molecule has 9 heteroatoms. The van der Waals surface area contributed by atoms with Crippen molar-refractivity contribution in [2.24, 2.45) is 0 Å². The van der Waals surface area contributed by atoms with Crippen LogP contribution in [0, 0.1) is 10.7 Å². The highest BCUT2D eigenvalue weighted by Crippen LogP contribution is 2.16. The standard InChI is InChI=1S/C9H20N.C2N5O2S/c1-3-4-7-10(2)8-5-6-9-10;3-1-10(8,9)2-4-6-7-5-2/h3-9H2,1-2H3;/q+1;-1. The van der Waals surface area contributed by atoms with Crippen LogP contribution in [-0.2, 0) is 9.84 Å². The Labute approximate surface area is 119 Å². The van der Waals surface area contributed by atoms with Crippen LogP contribution in [0.15, 0.2) is 5.16 Å². The minimum Gasteiger partial charge on any atom is -0.326 e. The van der Waals surface area contributed by atoms with Gasteiger partial charge in [0, 0.05) is 12.8 Å². The predicted molar refractivity (Wildman–Crippen MR) is 70.9 cm³/mol. The lowest BCUT2D eigenvalue weighted by molar-refractivity contribution is -0.897. The summed E-state index contributed by atoms with van der Waals surface area (Å²) in [6.07, 6.45) is 5.69. The number of nitriles is 1. The average Bonchev–Trinajstić information content (AvgIpc) is 3.09. The molecule has 1 aliphatic heterocycles. The normalized spacial score (nSPS) is 17.1. The fourth-order valence-corrected chi connectivity index (χ4v) is 2.52. The number of sulfone groups is 1. The molecule has 1 aromatic heterocycles. The van der Waals surface area contributed by atoms with Crippen LogP contribution >= 0.6 is 0 Å². The molecule has 1 aliphatic rings. The maximum atomic E-state index is 10.5. The molecule has 2 heterocycles. The monoisotopic (exact) mass is 300 g/mol. The van der Waals surface area contributed by atoms with Crippen molar-refractivity contribution >= 4 is 9.84 Å². The first-order valence-corrected chi connectivity index (χ1v) is 8.10. The summed E-state index contributed by atoms with van der Waals surface area (Å²) in [6, 6.07) is 0. The minimum atomic E-state index is -4.00. The molecule has 0 bridgehead atoms. The number of quaternary nitrogens is 1. The number of hydrogen-bond donors (Lipinski definition) is 0. The van der Waals surface area contributed by atoms with Crippen LogP contribution in [0.1, 0.15) is 32.6 Å². The van der Waals surface area contributed by atoms with Crippen molar-refractivity contribution < 1.29 is 12.9 Å². The van der Waals surface area contributed by atoms with Gasteiger partial charge < -0.3 is 9.58 Å². The van der Waals surface area contributed by atoms with Gasteiger partial charge in [-0.1, -0.05) is 13.3 Å². The van der Waals surface area contributed by atoms with Gasteiger partial charge in [0.25, 0.3) is 9.84 Å². The van der Waals surface area contributed by atoms with Crippen molar-refractivity contribution in [3.63, 3.8) is 0 Å². The molecule has 20 heavy (non-hydrogen) atoms. The van der Waals surface area contributed by atoms with Gasteiger partial charge in [0.2, 0.25) is 0 Å². The highest BCUT2D eigenvalue weighted by Gasteiger charge is 2.25. The average molecular weight is 300 g/mol. The Hall–Kier alpha value is -1.53. The van der Waals surface area contributed by atoms with E-state index < -0.39 is 15.0 Å². The summed E-state index contributed by atoms with van der Waals surface area (Å²) in [5.41, 5.74) is 0. The third-order valence-electron chi connectivity index (χ3n) is 3.36. The van der Waals surface area contributed by atoms with E-state index in [0.717, 1.165) is 5.40 Å². The molecule has 0 aliphatic carbocycles. The Morgan fingerprint density at radius 2 is 2.05 bits per heavy atom. The molecule has 1 aromatic rings. The zero-order valence-electron chi connectivity index (χ0n) is 11.9. The van der Waals surface area contributed by atoms with Crippen LogP contribution < -0.4 is 5.10 Å². The summed E-state index contributed by atoms with van der Waals surface area (Å²) in [6.45, 7) is 6.55. The van der Waals surface area contributed by atoms with Gasteiger partial charge in [-0.2, -0.15) is 10.5 Å². The third kappa shape index (κ3) is 4.86. The first-order valence-electron chi connectivity index (χ1n) is 6.62. The van der Waals surface area contributed by atoms with Gasteiger partial charge >= 0.3 is 0 Å². The van der Waals surface area contributed by atoms with Gasteiger partial charge in [0.1, 0.15) is 5.16 Å². The number of likely N-dealkylation sites (tertiary alicyclic amines) is 1. The van der Waals surface area contributed by atoms with Crippen LogP contribution in [0.2, 0.25) is 0 Å². The predicted octanol–water partition coefficient (Wildman–Crippen LogP) is 0.110. The number of thiocyanates is 1. The number of hydrogen-bond acceptors (Lipinski definition) is 6. The molecule has 112 valence electrons. The Bertz CT molecular complexity index is 528. The summed E-state index contributed by atoms with van der Waals surface area (Å²) in [5.74, 6) is 0. The topological polar surface area (TPSA) is 111 Å². The lowest BCUT2D eigenvalue weighted by Crippen LogP contribution is -2.41. The summed E-state index contributed by atoms with van der Waals surface area (Å²) in [5, 5.41) is 20.1. The first kappa shape index (κ1) is 16.5. The molecule has 1 saturated heterocycles. The van der Waals surface area contributed by atoms with Crippen LogP contribution in [0.3, 0.4) is 0 Å². The Morgan fingerprint density at radius 3 is 2.50 bits per heavy atom. The van der Waals surface area contributed by atoms with Crippen LogP contribution in [-0.4, -0.2) is 55.1 Å². The zero-order chi connectivity index (χ0) is 15.1. The molecule has 0 radical (unpaired) electrons. The van der Waals surface area contributed by atoms with Gasteiger partial charge in [0.05, 0.1) is 26.7 Å². The van der Waals surface area contributed by atoms with E-state index in [0.29, 0.717) is 0 Å². The fourth-order valence-electron chi connectivity index (χ4n) is 2.15. The Balaban J connectivity index is 0.000000200. The van der Waals surface area contributed by atoms with Crippen LogP contribution in [0.4, 0.5) is 0 Å². The van der Waals surface area contributed by atoms with E-state index in [1.54, 1.807) is 0 Å². The van der Waals surface area contributed by atoms with E-state index in [-0.39, 0.29) is 0 Å². The van der Waals surface area contributed by atoms with E-state index in [2.05, 4.69) is 34.6 Å². The second kappa shape index (κ2) is 7.31. The molecular weight excluding hydrogens is 280 g/mol. The van der Waals surface area contributed by atoms with E-state index >= 15 is 0 Å². The Kier molecular flexibility index (Phi) is 6.04. The molecule has 0 aromatic carbocycles. The van der Waals surface area contributed by atoms with Crippen molar-refractivity contribution in [1.29, 1.82) is 5.26 Å². The summed E-state index contributed by atoms with van der Waals surface area (Å²) in [7, 11) is -1.59. The number of tetrazole rings is 1. The molecule has 8 nitrogen and oxygen atoms in total. The van der Waals surface area contributed by atoms with Crippen LogP contribution in [0.25, 0.3) is 0 Å². The van der Waals surface area contributed by atoms with Gasteiger partial charge in [-0.05, 0) is 6.42 Å². The summed E-state index contributed by atoms with van der Waals surface area (Å²) in [4.78, 5) is 0. The number of rotatable bonds is 4. The molecule has 2 rings (SSSR count). The van der Waals surface area contributed by atoms with E-state index in [1.165, 1.54) is 49.8 Å². The number of aromatic nitrogens is 4. The lowest BCUT2D eigenvalue weighted by atomic mass is 10.3. The molecule has 0 unspecified atom stereocenters. The summed E-state index contributed by atoms with van der Waals surface area (Å²) < 4.78 is 22.3. The smallest absolute Gasteiger partial charge is 0.276 e. The zero-order valence-corrected chi connectivity index (χ0v) is 12.7. The van der Waals surface area contributed by atoms with Gasteiger partial charge in [-0.3, -0.25) is 10.3 Å². The van der Waals surface area contributed by atoms with Crippen molar-refractivity contribution in [3.05, 3.63) is 0 Å². The first-order chi connectivity index (χ1) is 9.43. The Morgan fingerprint density at radius 1 is 1.40 bits per heavy atom. The second-order valence-corrected chi connectivity index (χ2v) is 6.66. The number of nitrogens with zero attached hydrogens (tertiary/aromatic N) is 6. The molecule has 0 saturated carbocycles. The van der Waals surface area contributed by atoms with Crippen molar-refractivity contribution in [2.75, 3.05) is 26.7 Å². The van der Waals surface area contributed by atoms with Gasteiger partial charge in [0.15, 0.2) is 5.40 Å². The third-order valence-corrected chi connectivity index (χ3v) is 4.24. The van der Waals surface area contributed by atoms with E-state index in [4.69, 9.17) is 5.26 Å². The van der Waals surface area contributed by atoms with E-state index in [1.807, 2.05) is 0 Å². The highest BCUT2D eigenvalue weighted by atomic mass is 32.2. The highest BCUT2D eigenvalue weighted by molar-refractivity contribution is 7.95. The van der Waals surface area contributed by atoms with Crippen molar-refractivity contribution in [2.45, 2.75) is 37.8 Å². The lowest BCUT2D eigenvalue weighted by Gasteiger charge is -2.28. The fraction of sp³-hybridized carbons (Fsp3) is 0.818. The maximum absolute atomic E-state index is 10.5. The maximum Gasteiger partial charge on any atom is 0.276 e. The molecule has 0 atom stereocenters. The second-order valence-electron chi connectivity index (χ2n) is 5.11. The van der Waals surface area contributed by atoms with E-state index in [9.17, 15) is 8.42 Å². The largest absolute Gasteiger partial charge is 0.326 e. The van der Waals surface area contributed by atoms with Crippen molar-refractivity contribution in [3.8, 4) is 5.40 Å². The number of unbranched alkanes of at least 4 members (excludes halogenated alkanes) is 1. The van der Waals surface area contributed by atoms with Crippen molar-refractivity contribution in [1.82, 2.24) is 20.6 Å². The molecule has 0 spiro atoms. The molecule has 0 amide bonds. The van der Waals surface area contributed by atoms with Gasteiger partial charge in [-0.25, -0.2) is 8.42 Å². The summed E-state index contributed by atoms with van der Waals surface area (Å²) >= 11 is 0. The molecule has 0 N–H and O–H groups in total. The minimum absolute atomic E-state index is 0.657.